The van der Waals surface area contributed by atoms with Crippen molar-refractivity contribution in [3.8, 4) is 5.75 Å². The summed E-state index contributed by atoms with van der Waals surface area (Å²) in [7, 11) is 3.17. The van der Waals surface area contributed by atoms with E-state index in [1.807, 2.05) is 0 Å². The highest BCUT2D eigenvalue weighted by Crippen LogP contribution is 2.24. The highest BCUT2D eigenvalue weighted by atomic mass is 16.6. The molecule has 0 aliphatic carbocycles. The fraction of sp³-hybridized carbons (Fsp3) is 0.429. The van der Waals surface area contributed by atoms with Gasteiger partial charge >= 0.3 is 12.2 Å². The van der Waals surface area contributed by atoms with Crippen molar-refractivity contribution in [2.24, 2.45) is 0 Å². The number of ether oxygens (including phenoxy) is 1. The van der Waals surface area contributed by atoms with Crippen molar-refractivity contribution in [1.29, 1.82) is 0 Å². The summed E-state index contributed by atoms with van der Waals surface area (Å²) in [5.74, 6) is 0.413. The van der Waals surface area contributed by atoms with Gasteiger partial charge in [-0.2, -0.15) is 0 Å². The standard InChI is InChI=1S/C14H20N2O5/c1-9-8-10(11(6-7-17)15-13(18)19)4-5-12(9)21-14(20)16(2)3/h4-5,8,11,15,17H,6-7H2,1-3H3,(H,18,19)/t11-/m1/s1. The van der Waals surface area contributed by atoms with Gasteiger partial charge in [0.1, 0.15) is 5.75 Å². The van der Waals surface area contributed by atoms with Gasteiger partial charge in [0.15, 0.2) is 0 Å². The second-order valence-corrected chi connectivity index (χ2v) is 4.80. The van der Waals surface area contributed by atoms with Gasteiger partial charge in [-0.05, 0) is 30.5 Å². The number of rotatable bonds is 5. The molecule has 7 heteroatoms. The monoisotopic (exact) mass is 296 g/mol. The molecule has 0 spiro atoms. The van der Waals surface area contributed by atoms with Crippen molar-refractivity contribution >= 4 is 12.2 Å². The van der Waals surface area contributed by atoms with Crippen LogP contribution in [0.15, 0.2) is 18.2 Å². The second-order valence-electron chi connectivity index (χ2n) is 4.80. The number of hydrogen-bond acceptors (Lipinski definition) is 4. The van der Waals surface area contributed by atoms with Crippen molar-refractivity contribution in [2.45, 2.75) is 19.4 Å². The van der Waals surface area contributed by atoms with Crippen LogP contribution < -0.4 is 10.1 Å². The molecule has 0 radical (unpaired) electrons. The van der Waals surface area contributed by atoms with Crippen LogP contribution in [0.1, 0.15) is 23.6 Å². The Balaban J connectivity index is 2.93. The smallest absolute Gasteiger partial charge is 0.414 e. The number of benzene rings is 1. The summed E-state index contributed by atoms with van der Waals surface area (Å²) in [6, 6.07) is 4.50. The molecule has 1 aromatic carbocycles. The van der Waals surface area contributed by atoms with Crippen molar-refractivity contribution in [1.82, 2.24) is 10.2 Å². The largest absolute Gasteiger partial charge is 0.465 e. The zero-order chi connectivity index (χ0) is 16.0. The normalized spacial score (nSPS) is 11.6. The number of carbonyl (C=O) groups is 2. The van der Waals surface area contributed by atoms with Gasteiger partial charge in [0.25, 0.3) is 0 Å². The number of nitrogens with one attached hydrogen (secondary N) is 1. The summed E-state index contributed by atoms with van der Waals surface area (Å²) >= 11 is 0. The summed E-state index contributed by atoms with van der Waals surface area (Å²) in [5.41, 5.74) is 1.41. The fourth-order valence-electron chi connectivity index (χ4n) is 1.79. The third kappa shape index (κ3) is 4.96. The third-order valence-electron chi connectivity index (χ3n) is 2.88. The molecule has 116 valence electrons. The zero-order valence-electron chi connectivity index (χ0n) is 12.3. The third-order valence-corrected chi connectivity index (χ3v) is 2.88. The summed E-state index contributed by atoms with van der Waals surface area (Å²) in [5, 5.41) is 20.2. The Hall–Kier alpha value is -2.28. The van der Waals surface area contributed by atoms with E-state index in [0.717, 1.165) is 0 Å². The molecule has 7 nitrogen and oxygen atoms in total. The Labute approximate surface area is 123 Å². The maximum atomic E-state index is 11.5. The van der Waals surface area contributed by atoms with E-state index in [1.165, 1.54) is 4.90 Å². The molecule has 0 aliphatic rings. The topological polar surface area (TPSA) is 99.1 Å². The van der Waals surface area contributed by atoms with E-state index < -0.39 is 18.2 Å². The van der Waals surface area contributed by atoms with E-state index in [0.29, 0.717) is 16.9 Å². The van der Waals surface area contributed by atoms with Gasteiger partial charge < -0.3 is 25.2 Å². The molecular weight excluding hydrogens is 276 g/mol. The number of amides is 2. The number of carboxylic acid groups (broad SMARTS) is 1. The Morgan fingerprint density at radius 2 is 2.05 bits per heavy atom. The molecule has 0 aromatic heterocycles. The highest BCUT2D eigenvalue weighted by molar-refractivity contribution is 5.70. The highest BCUT2D eigenvalue weighted by Gasteiger charge is 2.16. The molecule has 0 aliphatic heterocycles. The second kappa shape index (κ2) is 7.49. The molecule has 3 N–H and O–H groups in total. The molecule has 1 aromatic rings. The van der Waals surface area contributed by atoms with Crippen LogP contribution >= 0.6 is 0 Å². The van der Waals surface area contributed by atoms with Crippen molar-refractivity contribution in [3.05, 3.63) is 29.3 Å². The van der Waals surface area contributed by atoms with E-state index in [-0.39, 0.29) is 13.0 Å². The molecule has 1 rings (SSSR count). The minimum Gasteiger partial charge on any atom is -0.465 e. The van der Waals surface area contributed by atoms with Gasteiger partial charge in [0.2, 0.25) is 0 Å². The molecule has 21 heavy (non-hydrogen) atoms. The molecule has 2 amide bonds. The van der Waals surface area contributed by atoms with Gasteiger partial charge in [0, 0.05) is 20.7 Å². The summed E-state index contributed by atoms with van der Waals surface area (Å²) < 4.78 is 5.18. The maximum Gasteiger partial charge on any atom is 0.414 e. The van der Waals surface area contributed by atoms with E-state index >= 15 is 0 Å². The lowest BCUT2D eigenvalue weighted by atomic mass is 10.0. The lowest BCUT2D eigenvalue weighted by Gasteiger charge is -2.18. The van der Waals surface area contributed by atoms with Crippen molar-refractivity contribution in [3.63, 3.8) is 0 Å². The van der Waals surface area contributed by atoms with E-state index in [1.54, 1.807) is 39.2 Å². The lowest BCUT2D eigenvalue weighted by Crippen LogP contribution is -2.28. The van der Waals surface area contributed by atoms with Gasteiger partial charge in [-0.3, -0.25) is 0 Å². The SMILES string of the molecule is Cc1cc([C@@H](CCO)NC(=O)O)ccc1OC(=O)N(C)C. The quantitative estimate of drug-likeness (QED) is 0.768. The van der Waals surface area contributed by atoms with Crippen LogP contribution in [0.4, 0.5) is 9.59 Å². The van der Waals surface area contributed by atoms with E-state index in [9.17, 15) is 9.59 Å². The van der Waals surface area contributed by atoms with Crippen LogP contribution in [0.2, 0.25) is 0 Å². The van der Waals surface area contributed by atoms with Crippen LogP contribution in [0.3, 0.4) is 0 Å². The molecule has 1 atom stereocenters. The van der Waals surface area contributed by atoms with E-state index in [4.69, 9.17) is 14.9 Å². The fourth-order valence-corrected chi connectivity index (χ4v) is 1.79. The first-order chi connectivity index (χ1) is 9.85. The van der Waals surface area contributed by atoms with Gasteiger partial charge in [-0.1, -0.05) is 12.1 Å². The maximum absolute atomic E-state index is 11.5. The zero-order valence-corrected chi connectivity index (χ0v) is 12.3. The van der Waals surface area contributed by atoms with Gasteiger partial charge in [0.05, 0.1) is 6.04 Å². The average molecular weight is 296 g/mol. The van der Waals surface area contributed by atoms with Crippen LogP contribution in [0, 0.1) is 6.92 Å². The minimum absolute atomic E-state index is 0.138. The van der Waals surface area contributed by atoms with E-state index in [2.05, 4.69) is 5.32 Å². The summed E-state index contributed by atoms with van der Waals surface area (Å²) in [6.07, 6.45) is -1.38. The van der Waals surface area contributed by atoms with Gasteiger partial charge in [-0.15, -0.1) is 0 Å². The Morgan fingerprint density at radius 3 is 2.52 bits per heavy atom. The molecule has 0 saturated carbocycles. The Morgan fingerprint density at radius 1 is 1.38 bits per heavy atom. The van der Waals surface area contributed by atoms with Crippen LogP contribution in [0.25, 0.3) is 0 Å². The number of aryl methyl sites for hydroxylation is 1. The number of hydrogen-bond donors (Lipinski definition) is 3. The lowest BCUT2D eigenvalue weighted by molar-refractivity contribution is 0.171. The summed E-state index contributed by atoms with van der Waals surface area (Å²) in [6.45, 7) is 1.62. The average Bonchev–Trinajstić information content (AvgIpc) is 2.39. The first-order valence-corrected chi connectivity index (χ1v) is 6.45. The molecule has 0 bridgehead atoms. The number of aliphatic hydroxyl groups is 1. The molecule has 0 fully saturated rings. The predicted molar refractivity (Wildman–Crippen MR) is 76.5 cm³/mol. The number of nitrogens with zero attached hydrogens (tertiary/aromatic N) is 1. The van der Waals surface area contributed by atoms with Crippen LogP contribution in [0.5, 0.6) is 5.75 Å². The first-order valence-electron chi connectivity index (χ1n) is 6.45. The molecule has 0 saturated heterocycles. The van der Waals surface area contributed by atoms with Crippen LogP contribution in [-0.4, -0.2) is 48.0 Å². The van der Waals surface area contributed by atoms with Crippen LogP contribution in [-0.2, 0) is 0 Å². The first kappa shape index (κ1) is 16.8. The number of aliphatic hydroxyl groups excluding tert-OH is 1. The summed E-state index contributed by atoms with van der Waals surface area (Å²) in [4.78, 5) is 23.6. The number of carbonyl (C=O) groups excluding carboxylic acids is 1. The van der Waals surface area contributed by atoms with Crippen molar-refractivity contribution < 1.29 is 24.5 Å². The Bertz CT molecular complexity index is 516. The Kier molecular flexibility index (Phi) is 5.98. The predicted octanol–water partition coefficient (Wildman–Crippen LogP) is 1.75. The molecule has 0 heterocycles. The van der Waals surface area contributed by atoms with Gasteiger partial charge in [-0.25, -0.2) is 9.59 Å². The molecular formula is C14H20N2O5. The molecule has 0 unspecified atom stereocenters. The van der Waals surface area contributed by atoms with Crippen molar-refractivity contribution in [2.75, 3.05) is 20.7 Å². The minimum atomic E-state index is -1.16.